The van der Waals surface area contributed by atoms with Crippen LogP contribution in [0.25, 0.3) is 5.65 Å². The van der Waals surface area contributed by atoms with Crippen molar-refractivity contribution in [2.24, 2.45) is 0 Å². The average molecular weight is 321 g/mol. The Morgan fingerprint density at radius 2 is 1.87 bits per heavy atom. The minimum Gasteiger partial charge on any atom is -0.308 e. The van der Waals surface area contributed by atoms with E-state index in [1.807, 2.05) is 0 Å². The summed E-state index contributed by atoms with van der Waals surface area (Å²) in [5.74, 6) is 0.157. The van der Waals surface area contributed by atoms with Crippen LogP contribution in [-0.4, -0.2) is 20.6 Å². The summed E-state index contributed by atoms with van der Waals surface area (Å²) >= 11 is 0. The Morgan fingerprint density at radius 3 is 2.65 bits per heavy atom. The smallest absolute Gasteiger partial charge is 0.308 e. The first-order valence-electron chi connectivity index (χ1n) is 6.48. The number of rotatable bonds is 2. The summed E-state index contributed by atoms with van der Waals surface area (Å²) < 4.78 is 39.4. The van der Waals surface area contributed by atoms with Gasteiger partial charge in [-0.25, -0.2) is 4.79 Å². The lowest BCUT2D eigenvalue weighted by Gasteiger charge is -2.10. The van der Waals surface area contributed by atoms with Gasteiger partial charge in [-0.2, -0.15) is 13.2 Å². The van der Waals surface area contributed by atoms with Crippen molar-refractivity contribution >= 4 is 23.3 Å². The van der Waals surface area contributed by atoms with Crippen LogP contribution >= 0.6 is 0 Å². The third-order valence-electron chi connectivity index (χ3n) is 2.99. The zero-order valence-corrected chi connectivity index (χ0v) is 11.5. The highest BCUT2D eigenvalue weighted by molar-refractivity contribution is 5.98. The maximum Gasteiger partial charge on any atom is 0.416 e. The van der Waals surface area contributed by atoms with Gasteiger partial charge in [-0.15, -0.1) is 10.2 Å². The Morgan fingerprint density at radius 1 is 1.04 bits per heavy atom. The number of alkyl halides is 3. The lowest BCUT2D eigenvalue weighted by atomic mass is 10.2. The van der Waals surface area contributed by atoms with E-state index in [9.17, 15) is 18.0 Å². The molecule has 0 saturated heterocycles. The van der Waals surface area contributed by atoms with E-state index >= 15 is 0 Å². The average Bonchev–Trinajstić information content (AvgIpc) is 2.90. The number of halogens is 3. The number of carbonyl (C=O) groups excluding carboxylic acids is 1. The predicted molar refractivity (Wildman–Crippen MR) is 77.1 cm³/mol. The minimum atomic E-state index is -4.47. The monoisotopic (exact) mass is 321 g/mol. The third-order valence-corrected chi connectivity index (χ3v) is 2.99. The minimum absolute atomic E-state index is 0.0196. The van der Waals surface area contributed by atoms with Gasteiger partial charge >= 0.3 is 12.2 Å². The Bertz CT molecular complexity index is 859. The van der Waals surface area contributed by atoms with Gasteiger partial charge in [-0.3, -0.25) is 9.72 Å². The van der Waals surface area contributed by atoms with Crippen LogP contribution < -0.4 is 10.6 Å². The molecule has 3 aromatic rings. The van der Waals surface area contributed by atoms with Crippen LogP contribution in [0.4, 0.5) is 29.6 Å². The normalized spacial score (nSPS) is 11.4. The lowest BCUT2D eigenvalue weighted by Crippen LogP contribution is -2.21. The fourth-order valence-electron chi connectivity index (χ4n) is 1.96. The second kappa shape index (κ2) is 5.59. The lowest BCUT2D eigenvalue weighted by molar-refractivity contribution is -0.137. The molecule has 0 atom stereocenters. The molecule has 0 fully saturated rings. The molecule has 0 aliphatic carbocycles. The van der Waals surface area contributed by atoms with Crippen molar-refractivity contribution in [3.05, 3.63) is 54.2 Å². The molecule has 118 valence electrons. The molecule has 2 aromatic heterocycles. The number of benzene rings is 1. The van der Waals surface area contributed by atoms with Gasteiger partial charge in [0.15, 0.2) is 5.65 Å². The number of anilines is 2. The molecule has 0 saturated carbocycles. The molecular formula is C14H10F3N5O. The first kappa shape index (κ1) is 14.8. The van der Waals surface area contributed by atoms with Crippen molar-refractivity contribution in [3.8, 4) is 0 Å². The second-order valence-electron chi connectivity index (χ2n) is 4.61. The number of urea groups is 1. The SMILES string of the molecule is O=C(Nc1cccc(C(F)(F)F)c1)Nc1nnc2ccccn12. The van der Waals surface area contributed by atoms with Crippen LogP contribution in [0.5, 0.6) is 0 Å². The van der Waals surface area contributed by atoms with Crippen molar-refractivity contribution in [2.75, 3.05) is 10.6 Å². The molecule has 0 aliphatic heterocycles. The summed E-state index contributed by atoms with van der Waals surface area (Å²) in [5.41, 5.74) is -0.295. The quantitative estimate of drug-likeness (QED) is 0.760. The summed E-state index contributed by atoms with van der Waals surface area (Å²) in [6, 6.07) is 8.81. The highest BCUT2D eigenvalue weighted by Crippen LogP contribution is 2.30. The molecule has 2 N–H and O–H groups in total. The van der Waals surface area contributed by atoms with Crippen LogP contribution in [0.15, 0.2) is 48.7 Å². The van der Waals surface area contributed by atoms with Gasteiger partial charge in [0.1, 0.15) is 0 Å². The number of pyridine rings is 1. The van der Waals surface area contributed by atoms with Crippen molar-refractivity contribution in [1.82, 2.24) is 14.6 Å². The fourth-order valence-corrected chi connectivity index (χ4v) is 1.96. The van der Waals surface area contributed by atoms with Crippen molar-refractivity contribution in [1.29, 1.82) is 0 Å². The van der Waals surface area contributed by atoms with Crippen LogP contribution in [0, 0.1) is 0 Å². The molecule has 0 spiro atoms. The summed E-state index contributed by atoms with van der Waals surface area (Å²) in [6.45, 7) is 0. The topological polar surface area (TPSA) is 71.3 Å². The molecular weight excluding hydrogens is 311 g/mol. The van der Waals surface area contributed by atoms with Crippen molar-refractivity contribution in [3.63, 3.8) is 0 Å². The molecule has 1 aromatic carbocycles. The number of amides is 2. The molecule has 0 unspecified atom stereocenters. The zero-order valence-electron chi connectivity index (χ0n) is 11.5. The number of fused-ring (bicyclic) bond motifs is 1. The van der Waals surface area contributed by atoms with Gasteiger partial charge in [0.25, 0.3) is 0 Å². The van der Waals surface area contributed by atoms with Crippen molar-refractivity contribution < 1.29 is 18.0 Å². The highest BCUT2D eigenvalue weighted by Gasteiger charge is 2.30. The molecule has 0 radical (unpaired) electrons. The van der Waals surface area contributed by atoms with E-state index in [2.05, 4.69) is 20.8 Å². The fraction of sp³-hybridized carbons (Fsp3) is 0.0714. The van der Waals surface area contributed by atoms with Gasteiger partial charge < -0.3 is 5.32 Å². The van der Waals surface area contributed by atoms with Crippen LogP contribution in [0.1, 0.15) is 5.56 Å². The van der Waals surface area contributed by atoms with Gasteiger partial charge in [-0.05, 0) is 30.3 Å². The van der Waals surface area contributed by atoms with E-state index in [0.717, 1.165) is 12.1 Å². The Balaban J connectivity index is 1.75. The predicted octanol–water partition coefficient (Wildman–Crippen LogP) is 3.39. The van der Waals surface area contributed by atoms with E-state index in [4.69, 9.17) is 0 Å². The molecule has 3 rings (SSSR count). The molecule has 0 bridgehead atoms. The number of carbonyl (C=O) groups is 1. The zero-order chi connectivity index (χ0) is 16.4. The maximum absolute atomic E-state index is 12.6. The van der Waals surface area contributed by atoms with Crippen LogP contribution in [-0.2, 0) is 6.18 Å². The van der Waals surface area contributed by atoms with E-state index in [1.165, 1.54) is 16.5 Å². The molecule has 0 aliphatic rings. The number of hydrogen-bond donors (Lipinski definition) is 2. The van der Waals surface area contributed by atoms with Crippen LogP contribution in [0.2, 0.25) is 0 Å². The van der Waals surface area contributed by atoms with E-state index in [0.29, 0.717) is 5.65 Å². The number of nitrogens with one attached hydrogen (secondary N) is 2. The number of aromatic nitrogens is 3. The van der Waals surface area contributed by atoms with Gasteiger partial charge in [0.05, 0.1) is 5.56 Å². The Hall–Kier alpha value is -3.10. The Kier molecular flexibility index (Phi) is 3.61. The van der Waals surface area contributed by atoms with Crippen molar-refractivity contribution in [2.45, 2.75) is 6.18 Å². The summed E-state index contributed by atoms with van der Waals surface area (Å²) in [7, 11) is 0. The molecule has 9 heteroatoms. The maximum atomic E-state index is 12.6. The van der Waals surface area contributed by atoms with Gasteiger partial charge in [0, 0.05) is 11.9 Å². The van der Waals surface area contributed by atoms with Crippen LogP contribution in [0.3, 0.4) is 0 Å². The first-order valence-corrected chi connectivity index (χ1v) is 6.48. The number of hydrogen-bond acceptors (Lipinski definition) is 3. The number of nitrogens with zero attached hydrogens (tertiary/aromatic N) is 3. The van der Waals surface area contributed by atoms with Gasteiger partial charge in [-0.1, -0.05) is 12.1 Å². The molecule has 2 amide bonds. The Labute approximate surface area is 128 Å². The highest BCUT2D eigenvalue weighted by atomic mass is 19.4. The van der Waals surface area contributed by atoms with E-state index in [1.54, 1.807) is 24.4 Å². The summed E-state index contributed by atoms with van der Waals surface area (Å²) in [6.07, 6.45) is -2.83. The van der Waals surface area contributed by atoms with E-state index in [-0.39, 0.29) is 11.6 Å². The first-order chi connectivity index (χ1) is 10.9. The third kappa shape index (κ3) is 3.23. The second-order valence-corrected chi connectivity index (χ2v) is 4.61. The largest absolute Gasteiger partial charge is 0.416 e. The molecule has 23 heavy (non-hydrogen) atoms. The standard InChI is InChI=1S/C14H10F3N5O/c15-14(16,17)9-4-3-5-10(8-9)18-13(23)19-12-21-20-11-6-1-2-7-22(11)12/h1-8H,(H2,18,19,21,23). The summed E-state index contributed by atoms with van der Waals surface area (Å²) in [5, 5.41) is 12.4. The van der Waals surface area contributed by atoms with E-state index < -0.39 is 17.8 Å². The molecule has 2 heterocycles. The summed E-state index contributed by atoms with van der Waals surface area (Å²) in [4.78, 5) is 11.9. The molecule has 6 nitrogen and oxygen atoms in total. The van der Waals surface area contributed by atoms with Gasteiger partial charge in [0.2, 0.25) is 5.95 Å².